The summed E-state index contributed by atoms with van der Waals surface area (Å²) in [6.45, 7) is 3.77. The number of nitrogens with zero attached hydrogens (tertiary/aromatic N) is 4. The summed E-state index contributed by atoms with van der Waals surface area (Å²) in [7, 11) is 4.84. The van der Waals surface area contributed by atoms with Crippen molar-refractivity contribution in [2.24, 2.45) is 0 Å². The van der Waals surface area contributed by atoms with Gasteiger partial charge in [-0.1, -0.05) is 0 Å². The van der Waals surface area contributed by atoms with Gasteiger partial charge in [-0.25, -0.2) is 4.98 Å². The van der Waals surface area contributed by atoms with Crippen LogP contribution in [0.3, 0.4) is 0 Å². The Morgan fingerprint density at radius 3 is 2.33 bits per heavy atom. The van der Waals surface area contributed by atoms with Crippen molar-refractivity contribution in [1.82, 2.24) is 14.3 Å². The van der Waals surface area contributed by atoms with Gasteiger partial charge in [-0.05, 0) is 48.5 Å². The van der Waals surface area contributed by atoms with E-state index in [0.29, 0.717) is 54.7 Å². The van der Waals surface area contributed by atoms with Gasteiger partial charge in [0.15, 0.2) is 17.1 Å². The molecule has 4 aromatic rings. The molecule has 0 radical (unpaired) electrons. The van der Waals surface area contributed by atoms with Crippen molar-refractivity contribution >= 4 is 22.9 Å². The molecule has 1 saturated heterocycles. The summed E-state index contributed by atoms with van der Waals surface area (Å²) in [5, 5.41) is 0. The second-order valence-electron chi connectivity index (χ2n) is 9.23. The van der Waals surface area contributed by atoms with E-state index in [4.69, 9.17) is 29.7 Å². The molecule has 10 nitrogen and oxygen atoms in total. The van der Waals surface area contributed by atoms with E-state index in [-0.39, 0.29) is 5.91 Å². The Kier molecular flexibility index (Phi) is 7.74. The van der Waals surface area contributed by atoms with Crippen molar-refractivity contribution in [2.45, 2.75) is 0 Å². The first kappa shape index (κ1) is 26.2. The zero-order chi connectivity index (χ0) is 27.4. The van der Waals surface area contributed by atoms with E-state index >= 15 is 0 Å². The molecule has 5 rings (SSSR count). The van der Waals surface area contributed by atoms with Crippen LogP contribution >= 0.6 is 0 Å². The minimum atomic E-state index is -0.0495. The van der Waals surface area contributed by atoms with Crippen molar-refractivity contribution in [2.75, 3.05) is 71.4 Å². The largest absolute Gasteiger partial charge is 0.493 e. The number of nitrogen functional groups attached to an aromatic ring is 1. The molecule has 204 valence electrons. The molecule has 0 atom stereocenters. The highest BCUT2D eigenvalue weighted by atomic mass is 16.5. The van der Waals surface area contributed by atoms with Gasteiger partial charge in [0, 0.05) is 56.9 Å². The minimum Gasteiger partial charge on any atom is -0.493 e. The number of fused-ring (bicyclic) bond motifs is 1. The van der Waals surface area contributed by atoms with Crippen LogP contribution in [0.1, 0.15) is 10.4 Å². The summed E-state index contributed by atoms with van der Waals surface area (Å²) in [4.78, 5) is 22.2. The van der Waals surface area contributed by atoms with Crippen LogP contribution < -0.4 is 24.8 Å². The highest BCUT2D eigenvalue weighted by molar-refractivity contribution is 5.96. The van der Waals surface area contributed by atoms with Gasteiger partial charge in [-0.3, -0.25) is 4.79 Å². The summed E-state index contributed by atoms with van der Waals surface area (Å²) >= 11 is 0. The highest BCUT2D eigenvalue weighted by Gasteiger charge is 2.24. The van der Waals surface area contributed by atoms with Gasteiger partial charge < -0.3 is 38.9 Å². The number of carbonyl (C=O) groups is 1. The lowest BCUT2D eigenvalue weighted by molar-refractivity contribution is 0.0746. The fourth-order valence-corrected chi connectivity index (χ4v) is 4.72. The SMILES string of the molecule is COCCOc1ccc(N2CCN(C(=O)c3cc(N)c4nc(-c5ccc(OC)c(OC)c5)cn4c3)CC2)cc1. The molecule has 1 fully saturated rings. The molecular formula is C29H33N5O5. The van der Waals surface area contributed by atoms with Gasteiger partial charge in [-0.2, -0.15) is 0 Å². The van der Waals surface area contributed by atoms with E-state index in [1.54, 1.807) is 38.0 Å². The molecular weight excluding hydrogens is 498 g/mol. The maximum Gasteiger partial charge on any atom is 0.255 e. The van der Waals surface area contributed by atoms with Crippen LogP contribution in [0.4, 0.5) is 11.4 Å². The molecule has 2 N–H and O–H groups in total. The van der Waals surface area contributed by atoms with Gasteiger partial charge in [-0.15, -0.1) is 0 Å². The normalized spacial score (nSPS) is 13.5. The summed E-state index contributed by atoms with van der Waals surface area (Å²) in [5.74, 6) is 2.01. The summed E-state index contributed by atoms with van der Waals surface area (Å²) in [6.07, 6.45) is 3.66. The number of carbonyl (C=O) groups excluding carboxylic acids is 1. The molecule has 0 aliphatic carbocycles. The monoisotopic (exact) mass is 531 g/mol. The third-order valence-electron chi connectivity index (χ3n) is 6.83. The number of amides is 1. The van der Waals surface area contributed by atoms with E-state index in [0.717, 1.165) is 35.8 Å². The van der Waals surface area contributed by atoms with Gasteiger partial charge in [0.25, 0.3) is 5.91 Å². The number of anilines is 2. The summed E-state index contributed by atoms with van der Waals surface area (Å²) in [6, 6.07) is 15.3. The Bertz CT molecular complexity index is 1440. The number of ether oxygens (including phenoxy) is 4. The summed E-state index contributed by atoms with van der Waals surface area (Å²) in [5.41, 5.74) is 10.6. The second kappa shape index (κ2) is 11.5. The molecule has 0 saturated carbocycles. The van der Waals surface area contributed by atoms with Crippen molar-refractivity contribution in [3.8, 4) is 28.5 Å². The number of hydrogen-bond acceptors (Lipinski definition) is 8. The van der Waals surface area contributed by atoms with Gasteiger partial charge in [0.05, 0.1) is 37.8 Å². The van der Waals surface area contributed by atoms with Gasteiger partial charge in [0.1, 0.15) is 12.4 Å². The van der Waals surface area contributed by atoms with Crippen molar-refractivity contribution in [1.29, 1.82) is 0 Å². The number of imidazole rings is 1. The van der Waals surface area contributed by atoms with Crippen LogP contribution in [0.25, 0.3) is 16.9 Å². The average molecular weight is 532 g/mol. The lowest BCUT2D eigenvalue weighted by atomic mass is 10.1. The van der Waals surface area contributed by atoms with Gasteiger partial charge >= 0.3 is 0 Å². The zero-order valence-corrected chi connectivity index (χ0v) is 22.4. The number of nitrogens with two attached hydrogens (primary N) is 1. The van der Waals surface area contributed by atoms with Crippen LogP contribution in [0.15, 0.2) is 60.9 Å². The fraction of sp³-hybridized carbons (Fsp3) is 0.310. The third-order valence-corrected chi connectivity index (χ3v) is 6.83. The molecule has 1 aliphatic rings. The van der Waals surface area contributed by atoms with Crippen LogP contribution in [0, 0.1) is 0 Å². The molecule has 3 heterocycles. The number of methoxy groups -OCH3 is 3. The predicted molar refractivity (Wildman–Crippen MR) is 150 cm³/mol. The lowest BCUT2D eigenvalue weighted by Gasteiger charge is -2.36. The Balaban J connectivity index is 1.27. The van der Waals surface area contributed by atoms with E-state index in [1.165, 1.54) is 0 Å². The maximum atomic E-state index is 13.4. The number of aromatic nitrogens is 2. The lowest BCUT2D eigenvalue weighted by Crippen LogP contribution is -2.48. The molecule has 1 aliphatic heterocycles. The number of hydrogen-bond donors (Lipinski definition) is 1. The highest BCUT2D eigenvalue weighted by Crippen LogP contribution is 2.32. The zero-order valence-electron chi connectivity index (χ0n) is 22.4. The number of piperazine rings is 1. The molecule has 0 bridgehead atoms. The Labute approximate surface area is 227 Å². The number of benzene rings is 2. The fourth-order valence-electron chi connectivity index (χ4n) is 4.72. The number of pyridine rings is 1. The van der Waals surface area contributed by atoms with E-state index in [9.17, 15) is 4.79 Å². The quantitative estimate of drug-likeness (QED) is 0.327. The molecule has 2 aromatic heterocycles. The van der Waals surface area contributed by atoms with Crippen LogP contribution in [-0.2, 0) is 4.74 Å². The minimum absolute atomic E-state index is 0.0495. The van der Waals surface area contributed by atoms with Crippen molar-refractivity contribution < 1.29 is 23.7 Å². The first-order chi connectivity index (χ1) is 19.0. The molecule has 39 heavy (non-hydrogen) atoms. The second-order valence-corrected chi connectivity index (χ2v) is 9.23. The van der Waals surface area contributed by atoms with Crippen LogP contribution in [0.2, 0.25) is 0 Å². The smallest absolute Gasteiger partial charge is 0.255 e. The molecule has 0 unspecified atom stereocenters. The Morgan fingerprint density at radius 2 is 1.64 bits per heavy atom. The van der Waals surface area contributed by atoms with E-state index in [1.807, 2.05) is 53.6 Å². The first-order valence-corrected chi connectivity index (χ1v) is 12.8. The summed E-state index contributed by atoms with van der Waals surface area (Å²) < 4.78 is 23.2. The van der Waals surface area contributed by atoms with Crippen molar-refractivity contribution in [3.63, 3.8) is 0 Å². The molecule has 0 spiro atoms. The van der Waals surface area contributed by atoms with Crippen LogP contribution in [-0.4, -0.2) is 80.9 Å². The van der Waals surface area contributed by atoms with E-state index < -0.39 is 0 Å². The van der Waals surface area contributed by atoms with Crippen LogP contribution in [0.5, 0.6) is 17.2 Å². The molecule has 2 aromatic carbocycles. The first-order valence-electron chi connectivity index (χ1n) is 12.8. The average Bonchev–Trinajstić information content (AvgIpc) is 3.42. The molecule has 10 heteroatoms. The maximum absolute atomic E-state index is 13.4. The third kappa shape index (κ3) is 5.56. The molecule has 1 amide bonds. The predicted octanol–water partition coefficient (Wildman–Crippen LogP) is 3.59. The van der Waals surface area contributed by atoms with Gasteiger partial charge in [0.2, 0.25) is 0 Å². The standard InChI is InChI=1S/C29H33N5O5/c1-36-14-15-39-23-7-5-22(6-8-23)32-10-12-33(13-11-32)29(35)21-16-24(30)28-31-25(19-34(28)18-21)20-4-9-26(37-2)27(17-20)38-3/h4-9,16-19H,10-15,30H2,1-3H3. The number of rotatable bonds is 9. The Hall–Kier alpha value is -4.44. The Morgan fingerprint density at radius 1 is 0.897 bits per heavy atom. The van der Waals surface area contributed by atoms with Crippen molar-refractivity contribution in [3.05, 3.63) is 66.5 Å². The van der Waals surface area contributed by atoms with E-state index in [2.05, 4.69) is 4.90 Å². The topological polar surface area (TPSA) is 104 Å².